The lowest BCUT2D eigenvalue weighted by atomic mass is 10.1. The third-order valence-corrected chi connectivity index (χ3v) is 3.95. The van der Waals surface area contributed by atoms with Gasteiger partial charge in [-0.05, 0) is 62.2 Å². The van der Waals surface area contributed by atoms with Gasteiger partial charge in [0.05, 0.1) is 10.9 Å². The molecule has 4 nitrogen and oxygen atoms in total. The second-order valence-electron chi connectivity index (χ2n) is 5.06. The van der Waals surface area contributed by atoms with Crippen molar-refractivity contribution >= 4 is 22.5 Å². The van der Waals surface area contributed by atoms with Gasteiger partial charge in [0, 0.05) is 6.04 Å². The Balaban J connectivity index is 2.19. The van der Waals surface area contributed by atoms with E-state index in [1.807, 2.05) is 25.1 Å². The first-order valence-electron chi connectivity index (χ1n) is 6.56. The summed E-state index contributed by atoms with van der Waals surface area (Å²) in [6.07, 6.45) is 1.83. The van der Waals surface area contributed by atoms with Crippen molar-refractivity contribution < 1.29 is 0 Å². The Morgan fingerprint density at radius 1 is 1.37 bits per heavy atom. The van der Waals surface area contributed by atoms with Crippen molar-refractivity contribution in [3.63, 3.8) is 0 Å². The molecule has 1 aromatic carbocycles. The molecule has 1 aliphatic heterocycles. The number of halogens is 1. The molecule has 0 atom stereocenters. The summed E-state index contributed by atoms with van der Waals surface area (Å²) in [4.78, 5) is 17.0. The second-order valence-corrected chi connectivity index (χ2v) is 5.40. The van der Waals surface area contributed by atoms with Gasteiger partial charge in [0.15, 0.2) is 0 Å². The summed E-state index contributed by atoms with van der Waals surface area (Å²) in [7, 11) is 0. The number of nitrogens with one attached hydrogen (secondary N) is 1. The van der Waals surface area contributed by atoms with Crippen LogP contribution in [0, 0.1) is 6.92 Å². The second kappa shape index (κ2) is 4.94. The van der Waals surface area contributed by atoms with E-state index in [9.17, 15) is 4.79 Å². The Hall–Kier alpha value is -1.39. The maximum absolute atomic E-state index is 12.6. The van der Waals surface area contributed by atoms with Crippen LogP contribution >= 0.6 is 11.6 Å². The number of aromatic nitrogens is 2. The Kier molecular flexibility index (Phi) is 3.29. The van der Waals surface area contributed by atoms with Crippen molar-refractivity contribution in [2.45, 2.75) is 25.8 Å². The molecule has 0 saturated carbocycles. The summed E-state index contributed by atoms with van der Waals surface area (Å²) in [6.45, 7) is 3.81. The van der Waals surface area contributed by atoms with Crippen molar-refractivity contribution in [3.8, 4) is 0 Å². The molecule has 0 aliphatic carbocycles. The van der Waals surface area contributed by atoms with Gasteiger partial charge >= 0.3 is 0 Å². The van der Waals surface area contributed by atoms with Crippen LogP contribution in [0.4, 0.5) is 0 Å². The van der Waals surface area contributed by atoms with Crippen LogP contribution in [0.1, 0.15) is 24.4 Å². The molecule has 1 N–H and O–H groups in total. The Labute approximate surface area is 116 Å². The Morgan fingerprint density at radius 3 is 2.84 bits per heavy atom. The van der Waals surface area contributed by atoms with E-state index >= 15 is 0 Å². The molecule has 1 aromatic heterocycles. The highest BCUT2D eigenvalue weighted by atomic mass is 35.5. The highest BCUT2D eigenvalue weighted by Gasteiger charge is 2.20. The molecule has 19 heavy (non-hydrogen) atoms. The predicted molar refractivity (Wildman–Crippen MR) is 76.9 cm³/mol. The molecule has 5 heteroatoms. The fourth-order valence-electron chi connectivity index (χ4n) is 2.66. The highest BCUT2D eigenvalue weighted by Crippen LogP contribution is 2.22. The third-order valence-electron chi connectivity index (χ3n) is 3.69. The summed E-state index contributed by atoms with van der Waals surface area (Å²) < 4.78 is 1.65. The van der Waals surface area contributed by atoms with Gasteiger partial charge in [-0.3, -0.25) is 9.36 Å². The van der Waals surface area contributed by atoms with Crippen molar-refractivity contribution in [1.82, 2.24) is 14.9 Å². The zero-order chi connectivity index (χ0) is 13.4. The number of hydrogen-bond acceptors (Lipinski definition) is 3. The molecule has 0 bridgehead atoms. The standard InChI is InChI=1S/C14H16ClN3O/c1-9-2-3-11-12(8-9)17-14(15)18(13(11)19)10-4-6-16-7-5-10/h2-3,8,10,16H,4-7H2,1H3. The molecular formula is C14H16ClN3O. The van der Waals surface area contributed by atoms with E-state index in [1.165, 1.54) is 0 Å². The number of aryl methyl sites for hydroxylation is 1. The van der Waals surface area contributed by atoms with E-state index in [2.05, 4.69) is 10.3 Å². The molecule has 0 unspecified atom stereocenters. The van der Waals surface area contributed by atoms with Crippen LogP contribution in [0.3, 0.4) is 0 Å². The summed E-state index contributed by atoms with van der Waals surface area (Å²) in [5.41, 5.74) is 1.73. The third kappa shape index (κ3) is 2.26. The van der Waals surface area contributed by atoms with Crippen molar-refractivity contribution in [2.24, 2.45) is 0 Å². The van der Waals surface area contributed by atoms with Crippen molar-refractivity contribution in [2.75, 3.05) is 13.1 Å². The minimum Gasteiger partial charge on any atom is -0.317 e. The highest BCUT2D eigenvalue weighted by molar-refractivity contribution is 6.28. The maximum atomic E-state index is 12.6. The number of piperidine rings is 1. The van der Waals surface area contributed by atoms with Crippen LogP contribution in [0.15, 0.2) is 23.0 Å². The monoisotopic (exact) mass is 277 g/mol. The van der Waals surface area contributed by atoms with Gasteiger partial charge in [-0.2, -0.15) is 0 Å². The molecule has 100 valence electrons. The molecular weight excluding hydrogens is 262 g/mol. The van der Waals surface area contributed by atoms with Gasteiger partial charge in [0.1, 0.15) is 0 Å². The minimum atomic E-state index is -0.0260. The largest absolute Gasteiger partial charge is 0.317 e. The SMILES string of the molecule is Cc1ccc2c(=O)n(C3CCNCC3)c(Cl)nc2c1. The van der Waals surface area contributed by atoms with Gasteiger partial charge in [-0.1, -0.05) is 6.07 Å². The fourth-order valence-corrected chi connectivity index (χ4v) is 2.97. The molecule has 1 saturated heterocycles. The van der Waals surface area contributed by atoms with E-state index in [0.29, 0.717) is 16.2 Å². The number of nitrogens with zero attached hydrogens (tertiary/aromatic N) is 2. The quantitative estimate of drug-likeness (QED) is 0.814. The average Bonchev–Trinajstić information content (AvgIpc) is 2.39. The number of hydrogen-bond donors (Lipinski definition) is 1. The van der Waals surface area contributed by atoms with Crippen LogP contribution in [0.25, 0.3) is 10.9 Å². The fraction of sp³-hybridized carbons (Fsp3) is 0.429. The van der Waals surface area contributed by atoms with Crippen molar-refractivity contribution in [1.29, 1.82) is 0 Å². The van der Waals surface area contributed by atoms with Gasteiger partial charge in [0.25, 0.3) is 5.56 Å². The smallest absolute Gasteiger partial charge is 0.262 e. The lowest BCUT2D eigenvalue weighted by molar-refractivity contribution is 0.360. The van der Waals surface area contributed by atoms with Gasteiger partial charge in [0.2, 0.25) is 5.28 Å². The first-order chi connectivity index (χ1) is 9.16. The van der Waals surface area contributed by atoms with Crippen LogP contribution in [-0.2, 0) is 0 Å². The molecule has 0 spiro atoms. The van der Waals surface area contributed by atoms with E-state index in [1.54, 1.807) is 4.57 Å². The van der Waals surface area contributed by atoms with Crippen molar-refractivity contribution in [3.05, 3.63) is 39.4 Å². The summed E-state index contributed by atoms with van der Waals surface area (Å²) in [5, 5.41) is 4.24. The summed E-state index contributed by atoms with van der Waals surface area (Å²) in [6, 6.07) is 5.83. The molecule has 1 aliphatic rings. The van der Waals surface area contributed by atoms with Gasteiger partial charge in [-0.15, -0.1) is 0 Å². The van der Waals surface area contributed by atoms with Crippen LogP contribution in [-0.4, -0.2) is 22.6 Å². The normalized spacial score (nSPS) is 16.9. The first kappa shape index (κ1) is 12.6. The first-order valence-corrected chi connectivity index (χ1v) is 6.94. The molecule has 0 amide bonds. The number of rotatable bonds is 1. The lowest BCUT2D eigenvalue weighted by Gasteiger charge is -2.25. The number of fused-ring (bicyclic) bond motifs is 1. The molecule has 2 aromatic rings. The molecule has 1 fully saturated rings. The van der Waals surface area contributed by atoms with Gasteiger partial charge < -0.3 is 5.32 Å². The predicted octanol–water partition coefficient (Wildman–Crippen LogP) is 2.28. The maximum Gasteiger partial charge on any atom is 0.262 e. The lowest BCUT2D eigenvalue weighted by Crippen LogP contribution is -2.35. The topological polar surface area (TPSA) is 46.9 Å². The van der Waals surface area contributed by atoms with Crippen LogP contribution in [0.2, 0.25) is 5.28 Å². The van der Waals surface area contributed by atoms with Crippen LogP contribution < -0.4 is 10.9 Å². The van der Waals surface area contributed by atoms with E-state index < -0.39 is 0 Å². The zero-order valence-corrected chi connectivity index (χ0v) is 11.6. The summed E-state index contributed by atoms with van der Waals surface area (Å²) >= 11 is 6.23. The average molecular weight is 278 g/mol. The number of benzene rings is 1. The molecule has 3 rings (SSSR count). The van der Waals surface area contributed by atoms with E-state index in [-0.39, 0.29) is 11.6 Å². The Bertz CT molecular complexity index is 674. The minimum absolute atomic E-state index is 0.0260. The zero-order valence-electron chi connectivity index (χ0n) is 10.8. The van der Waals surface area contributed by atoms with Gasteiger partial charge in [-0.25, -0.2) is 4.98 Å². The van der Waals surface area contributed by atoms with E-state index in [4.69, 9.17) is 11.6 Å². The van der Waals surface area contributed by atoms with Crippen LogP contribution in [0.5, 0.6) is 0 Å². The Morgan fingerprint density at radius 2 is 2.11 bits per heavy atom. The summed E-state index contributed by atoms with van der Waals surface area (Å²) in [5.74, 6) is 0. The van der Waals surface area contributed by atoms with E-state index in [0.717, 1.165) is 31.5 Å². The molecule has 2 heterocycles. The molecule has 0 radical (unpaired) electrons.